The fourth-order valence-electron chi connectivity index (χ4n) is 2.74. The van der Waals surface area contributed by atoms with Gasteiger partial charge >= 0.3 is 12.0 Å². The highest BCUT2D eigenvalue weighted by molar-refractivity contribution is 5.83. The minimum absolute atomic E-state index is 0.152. The van der Waals surface area contributed by atoms with Crippen molar-refractivity contribution in [2.75, 3.05) is 26.7 Å². The molecule has 2 N–H and O–H groups in total. The van der Waals surface area contributed by atoms with Crippen LogP contribution in [0.1, 0.15) is 25.7 Å². The monoisotopic (exact) mass is 255 g/mol. The van der Waals surface area contributed by atoms with Crippen molar-refractivity contribution in [3.8, 4) is 0 Å². The average molecular weight is 255 g/mol. The molecule has 0 aromatic rings. The molecule has 2 aliphatic rings. The fraction of sp³-hybridized carbons (Fsp3) is 0.833. The van der Waals surface area contributed by atoms with E-state index < -0.39 is 12.0 Å². The summed E-state index contributed by atoms with van der Waals surface area (Å²) in [7, 11) is 2.02. The number of carboxylic acid groups (broad SMARTS) is 1. The van der Waals surface area contributed by atoms with Crippen molar-refractivity contribution in [1.82, 2.24) is 15.1 Å². The Morgan fingerprint density at radius 1 is 1.22 bits per heavy atom. The average Bonchev–Trinajstić information content (AvgIpc) is 2.74. The van der Waals surface area contributed by atoms with E-state index in [1.807, 2.05) is 7.05 Å². The lowest BCUT2D eigenvalue weighted by atomic mass is 10.0. The molecule has 18 heavy (non-hydrogen) atoms. The summed E-state index contributed by atoms with van der Waals surface area (Å²) in [6.07, 6.45) is 3.27. The molecule has 0 aromatic heterocycles. The number of likely N-dealkylation sites (tertiary alicyclic amines) is 2. The predicted octanol–water partition coefficient (Wildman–Crippen LogP) is 0.339. The summed E-state index contributed by atoms with van der Waals surface area (Å²) in [5.74, 6) is -0.895. The number of hydrogen-bond donors (Lipinski definition) is 2. The zero-order valence-electron chi connectivity index (χ0n) is 10.8. The molecule has 2 atom stereocenters. The van der Waals surface area contributed by atoms with Gasteiger partial charge in [0.05, 0.1) is 0 Å². The van der Waals surface area contributed by atoms with Crippen LogP contribution in [0.4, 0.5) is 4.79 Å². The lowest BCUT2D eigenvalue weighted by Gasteiger charge is -2.33. The summed E-state index contributed by atoms with van der Waals surface area (Å²) < 4.78 is 0. The van der Waals surface area contributed by atoms with Crippen LogP contribution < -0.4 is 5.32 Å². The number of amides is 2. The van der Waals surface area contributed by atoms with Crippen LogP contribution >= 0.6 is 0 Å². The van der Waals surface area contributed by atoms with Crippen molar-refractivity contribution in [3.05, 3.63) is 0 Å². The number of rotatable bonds is 2. The standard InChI is InChI=1S/C12H21N3O3/c1-14-7-5-9(8-14)13-12(18)15-6-3-2-4-10(15)11(16)17/h9-10H,2-8H2,1H3,(H,13,18)(H,16,17). The van der Waals surface area contributed by atoms with E-state index in [2.05, 4.69) is 10.2 Å². The number of likely N-dealkylation sites (N-methyl/N-ethyl adjacent to an activating group) is 1. The molecule has 0 bridgehead atoms. The first-order valence-electron chi connectivity index (χ1n) is 6.56. The number of nitrogens with zero attached hydrogens (tertiary/aromatic N) is 2. The first-order chi connectivity index (χ1) is 8.58. The minimum Gasteiger partial charge on any atom is -0.480 e. The molecule has 6 nitrogen and oxygen atoms in total. The van der Waals surface area contributed by atoms with Crippen molar-refractivity contribution in [2.24, 2.45) is 0 Å². The van der Waals surface area contributed by atoms with E-state index in [0.717, 1.165) is 32.4 Å². The SMILES string of the molecule is CN1CCC(NC(=O)N2CCCCC2C(=O)O)C1. The number of nitrogens with one attached hydrogen (secondary N) is 1. The number of urea groups is 1. The fourth-order valence-corrected chi connectivity index (χ4v) is 2.74. The topological polar surface area (TPSA) is 72.9 Å². The van der Waals surface area contributed by atoms with Gasteiger partial charge in [-0.15, -0.1) is 0 Å². The molecule has 0 spiro atoms. The largest absolute Gasteiger partial charge is 0.480 e. The van der Waals surface area contributed by atoms with Crippen LogP contribution in [-0.2, 0) is 4.79 Å². The smallest absolute Gasteiger partial charge is 0.326 e. The second-order valence-corrected chi connectivity index (χ2v) is 5.24. The second kappa shape index (κ2) is 5.56. The van der Waals surface area contributed by atoms with Gasteiger partial charge in [-0.2, -0.15) is 0 Å². The van der Waals surface area contributed by atoms with Crippen molar-refractivity contribution >= 4 is 12.0 Å². The molecule has 0 aliphatic carbocycles. The first kappa shape index (κ1) is 13.1. The van der Waals surface area contributed by atoms with Gasteiger partial charge in [0.25, 0.3) is 0 Å². The Morgan fingerprint density at radius 3 is 2.61 bits per heavy atom. The Balaban J connectivity index is 1.92. The van der Waals surface area contributed by atoms with Gasteiger partial charge in [-0.3, -0.25) is 0 Å². The number of aliphatic carboxylic acids is 1. The van der Waals surface area contributed by atoms with Crippen molar-refractivity contribution in [1.29, 1.82) is 0 Å². The van der Waals surface area contributed by atoms with Crippen LogP contribution in [0.3, 0.4) is 0 Å². The summed E-state index contributed by atoms with van der Waals surface area (Å²) in [6, 6.07) is -0.723. The third-order valence-corrected chi connectivity index (χ3v) is 3.77. The van der Waals surface area contributed by atoms with Crippen LogP contribution in [0.5, 0.6) is 0 Å². The minimum atomic E-state index is -0.895. The highest BCUT2D eigenvalue weighted by Crippen LogP contribution is 2.18. The van der Waals surface area contributed by atoms with E-state index in [-0.39, 0.29) is 12.1 Å². The molecule has 2 aliphatic heterocycles. The van der Waals surface area contributed by atoms with Gasteiger partial charge < -0.3 is 20.2 Å². The third kappa shape index (κ3) is 2.93. The van der Waals surface area contributed by atoms with Gasteiger partial charge in [0.15, 0.2) is 0 Å². The van der Waals surface area contributed by atoms with E-state index in [0.29, 0.717) is 13.0 Å². The van der Waals surface area contributed by atoms with E-state index in [1.54, 1.807) is 0 Å². The molecular formula is C12H21N3O3. The Morgan fingerprint density at radius 2 is 2.00 bits per heavy atom. The molecule has 2 rings (SSSR count). The molecule has 2 saturated heterocycles. The summed E-state index contributed by atoms with van der Waals surface area (Å²) in [5, 5.41) is 12.1. The second-order valence-electron chi connectivity index (χ2n) is 5.24. The van der Waals surface area contributed by atoms with Crippen LogP contribution in [0.25, 0.3) is 0 Å². The molecule has 2 unspecified atom stereocenters. The highest BCUT2D eigenvalue weighted by atomic mass is 16.4. The number of piperidine rings is 1. The molecule has 2 amide bonds. The highest BCUT2D eigenvalue weighted by Gasteiger charge is 2.33. The summed E-state index contributed by atoms with van der Waals surface area (Å²) >= 11 is 0. The summed E-state index contributed by atoms with van der Waals surface area (Å²) in [4.78, 5) is 26.9. The Hall–Kier alpha value is -1.30. The zero-order chi connectivity index (χ0) is 13.1. The van der Waals surface area contributed by atoms with Gasteiger partial charge in [-0.25, -0.2) is 9.59 Å². The summed E-state index contributed by atoms with van der Waals surface area (Å²) in [6.45, 7) is 2.37. The van der Waals surface area contributed by atoms with Crippen LogP contribution in [-0.4, -0.2) is 65.7 Å². The van der Waals surface area contributed by atoms with E-state index >= 15 is 0 Å². The molecule has 0 radical (unpaired) electrons. The molecule has 0 saturated carbocycles. The molecule has 2 fully saturated rings. The predicted molar refractivity (Wildman–Crippen MR) is 66.4 cm³/mol. The van der Waals surface area contributed by atoms with Gasteiger partial charge in [0, 0.05) is 19.1 Å². The van der Waals surface area contributed by atoms with Gasteiger partial charge in [0.1, 0.15) is 6.04 Å². The Bertz CT molecular complexity index is 335. The van der Waals surface area contributed by atoms with E-state index in [9.17, 15) is 9.59 Å². The molecule has 2 heterocycles. The van der Waals surface area contributed by atoms with Gasteiger partial charge in [0.2, 0.25) is 0 Å². The number of carbonyl (C=O) groups is 2. The lowest BCUT2D eigenvalue weighted by Crippen LogP contribution is -2.54. The molecular weight excluding hydrogens is 234 g/mol. The van der Waals surface area contributed by atoms with Gasteiger partial charge in [-0.1, -0.05) is 0 Å². The van der Waals surface area contributed by atoms with Crippen LogP contribution in [0, 0.1) is 0 Å². The number of hydrogen-bond acceptors (Lipinski definition) is 3. The lowest BCUT2D eigenvalue weighted by molar-refractivity contribution is -0.143. The normalized spacial score (nSPS) is 29.3. The van der Waals surface area contributed by atoms with Crippen LogP contribution in [0.15, 0.2) is 0 Å². The molecule has 6 heteroatoms. The first-order valence-corrected chi connectivity index (χ1v) is 6.56. The number of carbonyl (C=O) groups excluding carboxylic acids is 1. The summed E-state index contributed by atoms with van der Waals surface area (Å²) in [5.41, 5.74) is 0. The van der Waals surface area contributed by atoms with E-state index in [1.165, 1.54) is 4.90 Å². The maximum atomic E-state index is 12.1. The van der Waals surface area contributed by atoms with Crippen molar-refractivity contribution in [3.63, 3.8) is 0 Å². The maximum Gasteiger partial charge on any atom is 0.326 e. The number of carboxylic acids is 1. The van der Waals surface area contributed by atoms with Crippen molar-refractivity contribution < 1.29 is 14.7 Å². The quantitative estimate of drug-likeness (QED) is 0.746. The molecule has 0 aromatic carbocycles. The Labute approximate surface area is 107 Å². The van der Waals surface area contributed by atoms with Crippen LogP contribution in [0.2, 0.25) is 0 Å². The maximum absolute atomic E-state index is 12.1. The van der Waals surface area contributed by atoms with Gasteiger partial charge in [-0.05, 0) is 39.3 Å². The molecule has 102 valence electrons. The van der Waals surface area contributed by atoms with E-state index in [4.69, 9.17) is 5.11 Å². The van der Waals surface area contributed by atoms with Crippen molar-refractivity contribution in [2.45, 2.75) is 37.8 Å². The zero-order valence-corrected chi connectivity index (χ0v) is 10.8. The third-order valence-electron chi connectivity index (χ3n) is 3.77. The Kier molecular flexibility index (Phi) is 4.06.